The summed E-state index contributed by atoms with van der Waals surface area (Å²) in [4.78, 5) is 0. The predicted molar refractivity (Wildman–Crippen MR) is 16.2 cm³/mol. The van der Waals surface area contributed by atoms with E-state index in [-0.39, 0.29) is 63.9 Å². The standard InChI is InChI=1S/Ca.H2O4S.Zr/c;1-5(2,3)4;/h;(H2,1,2,3,4);/q+2;;/p-2. The van der Waals surface area contributed by atoms with Gasteiger partial charge in [-0.1, -0.05) is 0 Å². The Morgan fingerprint density at radius 2 is 1.14 bits per heavy atom. The summed E-state index contributed by atoms with van der Waals surface area (Å²) in [7, 11) is -5.17. The minimum Gasteiger partial charge on any atom is -0.759 e. The van der Waals surface area contributed by atoms with Crippen molar-refractivity contribution in [3.8, 4) is 0 Å². The third-order valence-electron chi connectivity index (χ3n) is 0. The normalized spacial score (nSPS) is 8.29. The Morgan fingerprint density at radius 1 is 1.14 bits per heavy atom. The van der Waals surface area contributed by atoms with Crippen molar-refractivity contribution >= 4 is 48.1 Å². The van der Waals surface area contributed by atoms with E-state index in [1.165, 1.54) is 0 Å². The Labute approximate surface area is 90.4 Å². The van der Waals surface area contributed by atoms with E-state index in [0.717, 1.165) is 0 Å². The first kappa shape index (κ1) is 16.0. The first-order valence-corrected chi connectivity index (χ1v) is 2.00. The van der Waals surface area contributed by atoms with Gasteiger partial charge in [0.1, 0.15) is 0 Å². The summed E-state index contributed by atoms with van der Waals surface area (Å²) >= 11 is 0. The molecule has 0 aliphatic rings. The second-order valence-corrected chi connectivity index (χ2v) is 1.22. The molecule has 0 aromatic carbocycles. The molecule has 0 aromatic heterocycles. The average molecular weight is 227 g/mol. The van der Waals surface area contributed by atoms with Crippen LogP contribution in [0.25, 0.3) is 0 Å². The average Bonchev–Trinajstić information content (AvgIpc) is 0.722. The summed E-state index contributed by atoms with van der Waals surface area (Å²) in [6.45, 7) is 0. The summed E-state index contributed by atoms with van der Waals surface area (Å²) in [6.07, 6.45) is 0. The Hall–Kier alpha value is 2.01. The van der Waals surface area contributed by atoms with Crippen LogP contribution in [0.2, 0.25) is 0 Å². The van der Waals surface area contributed by atoms with Crippen molar-refractivity contribution in [2.75, 3.05) is 0 Å². The van der Waals surface area contributed by atoms with E-state index < -0.39 is 10.4 Å². The Bertz CT molecular complexity index is 94.9. The van der Waals surface area contributed by atoms with E-state index in [0.29, 0.717) is 0 Å². The molecule has 0 aromatic rings. The maximum absolute atomic E-state index is 8.52. The van der Waals surface area contributed by atoms with Crippen molar-refractivity contribution in [1.29, 1.82) is 0 Å². The molecular formula is CaO4SZr. The SMILES string of the molecule is O=S(=O)([O-])[O-].[Ca+2].[Zr]. The number of hydrogen-bond donors (Lipinski definition) is 0. The summed E-state index contributed by atoms with van der Waals surface area (Å²) < 4.78 is 34.1. The number of rotatable bonds is 0. The fourth-order valence-corrected chi connectivity index (χ4v) is 0. The van der Waals surface area contributed by atoms with Gasteiger partial charge in [-0.05, 0) is 0 Å². The Kier molecular flexibility index (Phi) is 14.0. The molecule has 0 unspecified atom stereocenters. The minimum atomic E-state index is -5.17. The first-order valence-electron chi connectivity index (χ1n) is 0.667. The van der Waals surface area contributed by atoms with Gasteiger partial charge in [-0.25, -0.2) is 0 Å². The zero-order valence-electron chi connectivity index (χ0n) is 3.25. The van der Waals surface area contributed by atoms with Crippen LogP contribution in [0.15, 0.2) is 0 Å². The van der Waals surface area contributed by atoms with Crippen molar-refractivity contribution in [3.63, 3.8) is 0 Å². The molecule has 4 nitrogen and oxygen atoms in total. The van der Waals surface area contributed by atoms with Crippen LogP contribution < -0.4 is 0 Å². The molecule has 0 fully saturated rings. The van der Waals surface area contributed by atoms with Crippen molar-refractivity contribution in [3.05, 3.63) is 0 Å². The first-order chi connectivity index (χ1) is 2.00. The molecule has 0 aliphatic carbocycles. The molecule has 0 saturated heterocycles. The quantitative estimate of drug-likeness (QED) is 0.280. The maximum atomic E-state index is 8.52. The van der Waals surface area contributed by atoms with E-state index in [2.05, 4.69) is 0 Å². The van der Waals surface area contributed by atoms with Crippen molar-refractivity contribution in [1.82, 2.24) is 0 Å². The van der Waals surface area contributed by atoms with Gasteiger partial charge in [0, 0.05) is 36.6 Å². The van der Waals surface area contributed by atoms with Gasteiger partial charge in [-0.2, -0.15) is 0 Å². The van der Waals surface area contributed by atoms with Gasteiger partial charge >= 0.3 is 37.7 Å². The van der Waals surface area contributed by atoms with Crippen LogP contribution in [0.4, 0.5) is 0 Å². The van der Waals surface area contributed by atoms with E-state index in [1.807, 2.05) is 0 Å². The van der Waals surface area contributed by atoms with Crippen molar-refractivity contribution < 1.29 is 43.7 Å². The second-order valence-electron chi connectivity index (χ2n) is 0.408. The third-order valence-corrected chi connectivity index (χ3v) is 0. The topological polar surface area (TPSA) is 80.3 Å². The Balaban J connectivity index is -0.0000000800. The van der Waals surface area contributed by atoms with E-state index in [1.54, 1.807) is 0 Å². The summed E-state index contributed by atoms with van der Waals surface area (Å²) in [5, 5.41) is 0. The molecule has 7 heavy (non-hydrogen) atoms. The zero-order valence-corrected chi connectivity index (χ0v) is 8.73. The van der Waals surface area contributed by atoms with Gasteiger partial charge in [0.05, 0.1) is 0 Å². The number of hydrogen-bond acceptors (Lipinski definition) is 4. The molecule has 0 atom stereocenters. The molecule has 0 saturated carbocycles. The maximum Gasteiger partial charge on any atom is 2.00 e. The molecule has 0 aliphatic heterocycles. The molecule has 0 N–H and O–H groups in total. The fraction of sp³-hybridized carbons (Fsp3) is 0. The molecule has 0 amide bonds. The largest absolute Gasteiger partial charge is 2.00 e. The van der Waals surface area contributed by atoms with Gasteiger partial charge in [-0.15, -0.1) is 0 Å². The van der Waals surface area contributed by atoms with Crippen LogP contribution in [0.1, 0.15) is 0 Å². The van der Waals surface area contributed by atoms with Crippen LogP contribution in [0, 0.1) is 0 Å². The van der Waals surface area contributed by atoms with Crippen molar-refractivity contribution in [2.45, 2.75) is 0 Å². The van der Waals surface area contributed by atoms with E-state index in [4.69, 9.17) is 17.5 Å². The molecule has 7 heteroatoms. The summed E-state index contributed by atoms with van der Waals surface area (Å²) in [6, 6.07) is 0. The molecule has 0 spiro atoms. The van der Waals surface area contributed by atoms with Gasteiger partial charge in [0.2, 0.25) is 0 Å². The second kappa shape index (κ2) is 6.14. The van der Waals surface area contributed by atoms with Crippen LogP contribution in [0.5, 0.6) is 0 Å². The Morgan fingerprint density at radius 3 is 1.14 bits per heavy atom. The molecule has 0 rings (SSSR count). The molecule has 0 bridgehead atoms. The van der Waals surface area contributed by atoms with Gasteiger partial charge < -0.3 is 9.11 Å². The molecule has 0 heterocycles. The van der Waals surface area contributed by atoms with Crippen LogP contribution in [-0.2, 0) is 36.6 Å². The smallest absolute Gasteiger partial charge is 0.759 e. The zero-order chi connectivity index (χ0) is 4.50. The van der Waals surface area contributed by atoms with Crippen LogP contribution in [-0.4, -0.2) is 55.3 Å². The van der Waals surface area contributed by atoms with E-state index in [9.17, 15) is 0 Å². The van der Waals surface area contributed by atoms with Gasteiger partial charge in [0.25, 0.3) is 0 Å². The third kappa shape index (κ3) is 71.5. The molecule has 0 radical (unpaired) electrons. The van der Waals surface area contributed by atoms with Crippen LogP contribution >= 0.6 is 0 Å². The molecule has 36 valence electrons. The summed E-state index contributed by atoms with van der Waals surface area (Å²) in [5.74, 6) is 0. The monoisotopic (exact) mass is 226 g/mol. The predicted octanol–water partition coefficient (Wildman–Crippen LogP) is -1.72. The van der Waals surface area contributed by atoms with Gasteiger partial charge in [-0.3, -0.25) is 8.42 Å². The molecular weight excluding hydrogens is 227 g/mol. The van der Waals surface area contributed by atoms with Crippen LogP contribution in [0.3, 0.4) is 0 Å². The van der Waals surface area contributed by atoms with Crippen molar-refractivity contribution in [2.24, 2.45) is 0 Å². The summed E-state index contributed by atoms with van der Waals surface area (Å²) in [5.41, 5.74) is 0. The van der Waals surface area contributed by atoms with E-state index >= 15 is 0 Å². The fourth-order valence-electron chi connectivity index (χ4n) is 0. The van der Waals surface area contributed by atoms with Gasteiger partial charge in [0.15, 0.2) is 0 Å². The minimum absolute atomic E-state index is 0.